The average molecular weight is 325 g/mol. The van der Waals surface area contributed by atoms with Crippen LogP contribution in [0.3, 0.4) is 0 Å². The Kier molecular flexibility index (Phi) is 5.38. The second-order valence-electron chi connectivity index (χ2n) is 6.08. The molecule has 0 fully saturated rings. The van der Waals surface area contributed by atoms with Gasteiger partial charge in [-0.05, 0) is 17.7 Å². The molecule has 1 heterocycles. The van der Waals surface area contributed by atoms with Crippen molar-refractivity contribution in [2.75, 3.05) is 6.54 Å². The molecule has 0 amide bonds. The normalized spacial score (nSPS) is 13.4. The number of aliphatic hydroxyl groups excluding tert-OH is 1. The predicted molar refractivity (Wildman–Crippen MR) is 88.9 cm³/mol. The molecule has 114 valence electrons. The third-order valence-electron chi connectivity index (χ3n) is 3.09. The van der Waals surface area contributed by atoms with Crippen molar-refractivity contribution >= 4 is 22.9 Å². The number of benzene rings is 1. The first-order valence-electron chi connectivity index (χ1n) is 6.95. The van der Waals surface area contributed by atoms with Crippen molar-refractivity contribution in [1.82, 2.24) is 10.3 Å². The van der Waals surface area contributed by atoms with Crippen LogP contribution in [0, 0.1) is 0 Å². The van der Waals surface area contributed by atoms with Gasteiger partial charge in [0.2, 0.25) is 0 Å². The lowest BCUT2D eigenvalue weighted by Gasteiger charge is -2.13. The van der Waals surface area contributed by atoms with Crippen LogP contribution in [0.15, 0.2) is 30.5 Å². The number of aromatic nitrogens is 1. The Hall–Kier alpha value is -0.940. The van der Waals surface area contributed by atoms with Crippen LogP contribution in [0.25, 0.3) is 0 Å². The molecule has 1 aromatic heterocycles. The number of hydrogen-bond donors (Lipinski definition) is 2. The van der Waals surface area contributed by atoms with Gasteiger partial charge in [0.1, 0.15) is 0 Å². The van der Waals surface area contributed by atoms with Gasteiger partial charge < -0.3 is 10.4 Å². The minimum atomic E-state index is -0.530. The predicted octanol–water partition coefficient (Wildman–Crippen LogP) is 3.92. The van der Waals surface area contributed by atoms with Crippen LogP contribution in [0.4, 0.5) is 0 Å². The van der Waals surface area contributed by atoms with E-state index in [4.69, 9.17) is 11.6 Å². The fraction of sp³-hybridized carbons (Fsp3) is 0.438. The van der Waals surface area contributed by atoms with Gasteiger partial charge >= 0.3 is 0 Å². The summed E-state index contributed by atoms with van der Waals surface area (Å²) >= 11 is 7.55. The highest BCUT2D eigenvalue weighted by Crippen LogP contribution is 2.26. The molecule has 0 bridgehead atoms. The van der Waals surface area contributed by atoms with Crippen molar-refractivity contribution < 1.29 is 5.11 Å². The van der Waals surface area contributed by atoms with Crippen molar-refractivity contribution in [2.24, 2.45) is 0 Å². The first-order chi connectivity index (χ1) is 9.86. The Morgan fingerprint density at radius 1 is 1.29 bits per heavy atom. The van der Waals surface area contributed by atoms with E-state index in [1.54, 1.807) is 23.5 Å². The van der Waals surface area contributed by atoms with Gasteiger partial charge in [-0.3, -0.25) is 0 Å². The van der Waals surface area contributed by atoms with Crippen LogP contribution >= 0.6 is 22.9 Å². The highest BCUT2D eigenvalue weighted by atomic mass is 35.5. The first kappa shape index (κ1) is 16.4. The lowest BCUT2D eigenvalue weighted by atomic mass is 9.98. The zero-order valence-corrected chi connectivity index (χ0v) is 14.1. The number of aliphatic hydroxyl groups is 1. The molecule has 21 heavy (non-hydrogen) atoms. The van der Waals surface area contributed by atoms with Gasteiger partial charge in [0.05, 0.1) is 11.1 Å². The highest BCUT2D eigenvalue weighted by molar-refractivity contribution is 7.11. The molecule has 0 spiro atoms. The maximum Gasteiger partial charge on any atom is 0.0981 e. The van der Waals surface area contributed by atoms with Gasteiger partial charge in [-0.2, -0.15) is 0 Å². The second-order valence-corrected chi connectivity index (χ2v) is 7.63. The fourth-order valence-corrected chi connectivity index (χ4v) is 2.94. The largest absolute Gasteiger partial charge is 0.387 e. The summed E-state index contributed by atoms with van der Waals surface area (Å²) in [5.74, 6) is 0. The van der Waals surface area contributed by atoms with E-state index >= 15 is 0 Å². The summed E-state index contributed by atoms with van der Waals surface area (Å²) in [5, 5.41) is 15.2. The zero-order valence-electron chi connectivity index (χ0n) is 12.6. The lowest BCUT2D eigenvalue weighted by molar-refractivity contribution is 0.174. The molecule has 2 N–H and O–H groups in total. The third kappa shape index (κ3) is 4.78. The number of nitrogens with zero attached hydrogens (tertiary/aromatic N) is 1. The van der Waals surface area contributed by atoms with Crippen LogP contribution in [-0.2, 0) is 12.0 Å². The first-order valence-corrected chi connectivity index (χ1v) is 8.15. The summed E-state index contributed by atoms with van der Waals surface area (Å²) in [6, 6.07) is 7.27. The Balaban J connectivity index is 1.84. The lowest BCUT2D eigenvalue weighted by Crippen LogP contribution is -2.20. The molecule has 2 aromatic rings. The van der Waals surface area contributed by atoms with Gasteiger partial charge in [-0.25, -0.2) is 4.98 Å². The van der Waals surface area contributed by atoms with E-state index in [2.05, 4.69) is 31.1 Å². The third-order valence-corrected chi connectivity index (χ3v) is 4.76. The molecule has 3 nitrogen and oxygen atoms in total. The monoisotopic (exact) mass is 324 g/mol. The van der Waals surface area contributed by atoms with Crippen molar-refractivity contribution in [3.8, 4) is 0 Å². The fourth-order valence-electron chi connectivity index (χ4n) is 1.87. The van der Waals surface area contributed by atoms with E-state index in [-0.39, 0.29) is 5.41 Å². The van der Waals surface area contributed by atoms with Crippen LogP contribution in [0.1, 0.15) is 42.3 Å². The summed E-state index contributed by atoms with van der Waals surface area (Å²) in [4.78, 5) is 5.64. The van der Waals surface area contributed by atoms with Crippen molar-refractivity contribution in [3.05, 3.63) is 50.9 Å². The number of rotatable bonds is 5. The van der Waals surface area contributed by atoms with Gasteiger partial charge in [0.15, 0.2) is 0 Å². The SMILES string of the molecule is CC(C)(C)c1ncc(CNCC(O)c2ccc(Cl)cc2)s1. The Bertz CT molecular complexity index is 575. The van der Waals surface area contributed by atoms with E-state index in [9.17, 15) is 5.11 Å². The molecule has 0 aliphatic heterocycles. The Morgan fingerprint density at radius 2 is 1.95 bits per heavy atom. The molecule has 1 aromatic carbocycles. The smallest absolute Gasteiger partial charge is 0.0981 e. The number of thiazole rings is 1. The highest BCUT2D eigenvalue weighted by Gasteiger charge is 2.17. The summed E-state index contributed by atoms with van der Waals surface area (Å²) in [5.41, 5.74) is 0.956. The average Bonchev–Trinajstić information content (AvgIpc) is 2.88. The maximum absolute atomic E-state index is 10.1. The number of hydrogen-bond acceptors (Lipinski definition) is 4. The van der Waals surface area contributed by atoms with Gasteiger partial charge in [-0.1, -0.05) is 44.5 Å². The van der Waals surface area contributed by atoms with E-state index in [1.165, 1.54) is 4.88 Å². The molecular formula is C16H21ClN2OS. The number of nitrogens with one attached hydrogen (secondary N) is 1. The Labute approximate surface area is 135 Å². The van der Waals surface area contributed by atoms with Crippen molar-refractivity contribution in [1.29, 1.82) is 0 Å². The number of halogens is 1. The van der Waals surface area contributed by atoms with Crippen LogP contribution < -0.4 is 5.32 Å². The van der Waals surface area contributed by atoms with Crippen molar-refractivity contribution in [3.63, 3.8) is 0 Å². The minimum absolute atomic E-state index is 0.0890. The van der Waals surface area contributed by atoms with E-state index < -0.39 is 6.10 Å². The van der Waals surface area contributed by atoms with Gasteiger partial charge in [0.25, 0.3) is 0 Å². The zero-order chi connectivity index (χ0) is 15.5. The quantitative estimate of drug-likeness (QED) is 0.876. The summed E-state index contributed by atoms with van der Waals surface area (Å²) in [7, 11) is 0. The molecule has 1 unspecified atom stereocenters. The Morgan fingerprint density at radius 3 is 2.52 bits per heavy atom. The summed E-state index contributed by atoms with van der Waals surface area (Å²) < 4.78 is 0. The maximum atomic E-state index is 10.1. The van der Waals surface area contributed by atoms with Crippen LogP contribution in [0.5, 0.6) is 0 Å². The molecule has 1 atom stereocenters. The topological polar surface area (TPSA) is 45.2 Å². The summed E-state index contributed by atoms with van der Waals surface area (Å²) in [6.45, 7) is 7.71. The van der Waals surface area contributed by atoms with Crippen LogP contribution in [0.2, 0.25) is 5.02 Å². The molecule has 0 saturated heterocycles. The molecule has 0 aliphatic carbocycles. The van der Waals surface area contributed by atoms with Crippen LogP contribution in [-0.4, -0.2) is 16.6 Å². The van der Waals surface area contributed by atoms with E-state index in [0.29, 0.717) is 11.6 Å². The standard InChI is InChI=1S/C16H21ClN2OS/c1-16(2,3)15-19-9-13(21-15)8-18-10-14(20)11-4-6-12(17)7-5-11/h4-7,9,14,18,20H,8,10H2,1-3H3. The second kappa shape index (κ2) is 6.88. The van der Waals surface area contributed by atoms with Gasteiger partial charge in [0, 0.05) is 34.6 Å². The summed E-state index contributed by atoms with van der Waals surface area (Å²) in [6.07, 6.45) is 1.38. The van der Waals surface area contributed by atoms with Gasteiger partial charge in [-0.15, -0.1) is 11.3 Å². The van der Waals surface area contributed by atoms with E-state index in [0.717, 1.165) is 17.1 Å². The van der Waals surface area contributed by atoms with Crippen molar-refractivity contribution in [2.45, 2.75) is 38.8 Å². The minimum Gasteiger partial charge on any atom is -0.387 e. The molecular weight excluding hydrogens is 304 g/mol. The van der Waals surface area contributed by atoms with E-state index in [1.807, 2.05) is 18.3 Å². The molecule has 0 aliphatic rings. The molecule has 0 saturated carbocycles. The molecule has 0 radical (unpaired) electrons. The molecule has 2 rings (SSSR count). The molecule has 5 heteroatoms.